The van der Waals surface area contributed by atoms with Crippen LogP contribution < -0.4 is 11.2 Å². The fraction of sp³-hybridized carbons (Fsp3) is 0.0800. The fourth-order valence-electron chi connectivity index (χ4n) is 4.05. The topological polar surface area (TPSA) is 118 Å². The van der Waals surface area contributed by atoms with Crippen LogP contribution in [0, 0.1) is 0 Å². The average Bonchev–Trinajstić information content (AvgIpc) is 3.00. The molecule has 0 spiro atoms. The van der Waals surface area contributed by atoms with E-state index in [-0.39, 0.29) is 11.6 Å². The number of aliphatic carboxylic acids is 1. The van der Waals surface area contributed by atoms with E-state index < -0.39 is 23.1 Å². The van der Waals surface area contributed by atoms with Gasteiger partial charge in [0.2, 0.25) is 0 Å². The van der Waals surface area contributed by atoms with Crippen LogP contribution in [0.4, 0.5) is 0 Å². The number of H-pyrrole nitrogens is 1. The van der Waals surface area contributed by atoms with Crippen molar-refractivity contribution in [2.75, 3.05) is 5.75 Å². The molecule has 0 fully saturated rings. The molecule has 0 unspecified atom stereocenters. The van der Waals surface area contributed by atoms with E-state index in [0.29, 0.717) is 10.6 Å². The number of carboxylic acid groups (broad SMARTS) is 1. The van der Waals surface area contributed by atoms with Gasteiger partial charge in [-0.1, -0.05) is 72.4 Å². The number of aromatic nitrogens is 4. The normalized spacial score (nSPS) is 12.6. The van der Waals surface area contributed by atoms with E-state index >= 15 is 0 Å². The third-order valence-corrected chi connectivity index (χ3v) is 6.46. The van der Waals surface area contributed by atoms with Gasteiger partial charge >= 0.3 is 11.7 Å². The number of aromatic amines is 1. The van der Waals surface area contributed by atoms with Crippen LogP contribution >= 0.6 is 11.8 Å². The molecule has 168 valence electrons. The van der Waals surface area contributed by atoms with Gasteiger partial charge in [-0.3, -0.25) is 19.1 Å². The van der Waals surface area contributed by atoms with E-state index in [0.717, 1.165) is 34.0 Å². The Labute approximate surface area is 197 Å². The van der Waals surface area contributed by atoms with Gasteiger partial charge in [-0.15, -0.1) is 10.2 Å². The molecule has 0 amide bonds. The van der Waals surface area contributed by atoms with E-state index in [2.05, 4.69) is 15.2 Å². The second-order valence-corrected chi connectivity index (χ2v) is 8.65. The molecular weight excluding hydrogens is 452 g/mol. The molecule has 0 saturated heterocycles. The minimum absolute atomic E-state index is 0.148. The first-order valence-electron chi connectivity index (χ1n) is 10.4. The zero-order chi connectivity index (χ0) is 23.7. The van der Waals surface area contributed by atoms with Crippen molar-refractivity contribution in [3.8, 4) is 5.82 Å². The molecule has 1 aliphatic rings. The van der Waals surface area contributed by atoms with Crippen LogP contribution in [-0.4, -0.2) is 36.6 Å². The molecule has 0 atom stereocenters. The van der Waals surface area contributed by atoms with Crippen molar-refractivity contribution in [2.24, 2.45) is 0 Å². The lowest BCUT2D eigenvalue weighted by Gasteiger charge is -2.20. The first-order valence-corrected chi connectivity index (χ1v) is 11.4. The third kappa shape index (κ3) is 4.08. The summed E-state index contributed by atoms with van der Waals surface area (Å²) in [6.45, 7) is 0. The molecule has 34 heavy (non-hydrogen) atoms. The first kappa shape index (κ1) is 21.6. The van der Waals surface area contributed by atoms with Crippen LogP contribution in [0.15, 0.2) is 81.5 Å². The van der Waals surface area contributed by atoms with Crippen LogP contribution in [-0.2, 0) is 4.79 Å². The number of hydrogen-bond acceptors (Lipinski definition) is 6. The lowest BCUT2D eigenvalue weighted by Crippen LogP contribution is -2.33. The number of thioether (sulfide) groups is 1. The summed E-state index contributed by atoms with van der Waals surface area (Å²) in [6.07, 6.45) is 5.56. The Hall–Kier alpha value is -4.24. The minimum Gasteiger partial charge on any atom is -0.481 e. The monoisotopic (exact) mass is 470 g/mol. The van der Waals surface area contributed by atoms with Crippen molar-refractivity contribution >= 4 is 29.9 Å². The maximum atomic E-state index is 13.1. The highest BCUT2D eigenvalue weighted by atomic mass is 32.2. The molecule has 0 saturated carbocycles. The molecule has 2 heterocycles. The van der Waals surface area contributed by atoms with E-state index in [1.807, 2.05) is 60.7 Å². The number of fused-ring (bicyclic) bond motifs is 2. The highest BCUT2D eigenvalue weighted by Crippen LogP contribution is 2.37. The van der Waals surface area contributed by atoms with Gasteiger partial charge in [-0.2, -0.15) is 0 Å². The van der Waals surface area contributed by atoms with Crippen LogP contribution in [0.3, 0.4) is 0 Å². The van der Waals surface area contributed by atoms with Crippen LogP contribution in [0.1, 0.15) is 33.7 Å². The molecule has 8 nitrogen and oxygen atoms in total. The van der Waals surface area contributed by atoms with Crippen molar-refractivity contribution in [3.05, 3.63) is 116 Å². The lowest BCUT2D eigenvalue weighted by molar-refractivity contribution is -0.133. The van der Waals surface area contributed by atoms with Gasteiger partial charge in [0, 0.05) is 17.7 Å². The predicted molar refractivity (Wildman–Crippen MR) is 129 cm³/mol. The van der Waals surface area contributed by atoms with Crippen molar-refractivity contribution in [1.82, 2.24) is 19.7 Å². The Morgan fingerprint density at radius 1 is 0.912 bits per heavy atom. The maximum Gasteiger partial charge on any atom is 0.334 e. The first-order chi connectivity index (χ1) is 16.5. The second kappa shape index (κ2) is 8.95. The molecule has 0 radical (unpaired) electrons. The van der Waals surface area contributed by atoms with Crippen molar-refractivity contribution in [1.29, 1.82) is 0 Å². The number of rotatable bonds is 5. The van der Waals surface area contributed by atoms with Gasteiger partial charge in [0.1, 0.15) is 5.03 Å². The molecule has 0 aliphatic heterocycles. The number of nitrogens with one attached hydrogen (secondary N) is 1. The SMILES string of the molecule is O=C(O)CSc1ccc(-n2cc(C3c4ccccc4C=Cc4ccccc43)c(=O)[nH]c2=O)nn1. The second-order valence-electron chi connectivity index (χ2n) is 7.65. The molecular formula is C25H18N4O4S. The van der Waals surface area contributed by atoms with Gasteiger partial charge < -0.3 is 5.11 Å². The van der Waals surface area contributed by atoms with Crippen LogP contribution in [0.5, 0.6) is 0 Å². The Bertz CT molecular complexity index is 1490. The molecule has 9 heteroatoms. The van der Waals surface area contributed by atoms with Gasteiger partial charge in [-0.25, -0.2) is 4.79 Å². The standard InChI is InChI=1S/C25H18N4O4S/c30-22(31)14-34-21-12-11-20(27-28-21)29-13-19(24(32)26-25(29)33)23-17-7-3-1-5-15(17)9-10-16-6-2-4-8-18(16)23/h1-13,23H,14H2,(H,30,31)(H,26,32,33). The smallest absolute Gasteiger partial charge is 0.334 e. The highest BCUT2D eigenvalue weighted by Gasteiger charge is 2.26. The summed E-state index contributed by atoms with van der Waals surface area (Å²) in [5, 5.41) is 17.3. The van der Waals surface area contributed by atoms with Gasteiger partial charge in [-0.05, 0) is 34.4 Å². The molecule has 1 aliphatic carbocycles. The highest BCUT2D eigenvalue weighted by molar-refractivity contribution is 7.99. The number of carbonyl (C=O) groups is 1. The van der Waals surface area contributed by atoms with Crippen LogP contribution in [0.25, 0.3) is 18.0 Å². The Morgan fingerprint density at radius 2 is 1.56 bits per heavy atom. The number of carboxylic acids is 1. The van der Waals surface area contributed by atoms with Crippen molar-refractivity contribution < 1.29 is 9.90 Å². The third-order valence-electron chi connectivity index (χ3n) is 5.55. The lowest BCUT2D eigenvalue weighted by atomic mass is 9.83. The summed E-state index contributed by atoms with van der Waals surface area (Å²) in [5.41, 5.74) is 3.16. The van der Waals surface area contributed by atoms with Gasteiger partial charge in [0.15, 0.2) is 5.82 Å². The Morgan fingerprint density at radius 3 is 2.15 bits per heavy atom. The van der Waals surface area contributed by atoms with Crippen LogP contribution in [0.2, 0.25) is 0 Å². The van der Waals surface area contributed by atoms with E-state index in [4.69, 9.17) is 5.11 Å². The average molecular weight is 471 g/mol. The maximum absolute atomic E-state index is 13.1. The summed E-state index contributed by atoms with van der Waals surface area (Å²) in [7, 11) is 0. The minimum atomic E-state index is -0.962. The zero-order valence-corrected chi connectivity index (χ0v) is 18.5. The molecule has 5 rings (SSSR count). The summed E-state index contributed by atoms with van der Waals surface area (Å²) in [6, 6.07) is 18.9. The van der Waals surface area contributed by atoms with Gasteiger partial charge in [0.25, 0.3) is 5.56 Å². The quantitative estimate of drug-likeness (QED) is 0.379. The van der Waals surface area contributed by atoms with Crippen molar-refractivity contribution in [3.63, 3.8) is 0 Å². The summed E-state index contributed by atoms with van der Waals surface area (Å²) in [4.78, 5) is 38.9. The number of hydrogen-bond donors (Lipinski definition) is 2. The van der Waals surface area contributed by atoms with Gasteiger partial charge in [0.05, 0.1) is 5.75 Å². The molecule has 0 bridgehead atoms. The van der Waals surface area contributed by atoms with E-state index in [9.17, 15) is 14.4 Å². The summed E-state index contributed by atoms with van der Waals surface area (Å²) >= 11 is 1.03. The van der Waals surface area contributed by atoms with Crippen molar-refractivity contribution in [2.45, 2.75) is 10.9 Å². The molecule has 2 N–H and O–H groups in total. The Kier molecular flexibility index (Phi) is 5.69. The molecule has 4 aromatic rings. The Balaban J connectivity index is 1.65. The largest absolute Gasteiger partial charge is 0.481 e. The fourth-order valence-corrected chi connectivity index (χ4v) is 4.58. The molecule has 2 aromatic heterocycles. The predicted octanol–water partition coefficient (Wildman–Crippen LogP) is 3.16. The number of benzene rings is 2. The summed E-state index contributed by atoms with van der Waals surface area (Å²) in [5.74, 6) is -1.30. The molecule has 2 aromatic carbocycles. The van der Waals surface area contributed by atoms with E-state index in [1.165, 1.54) is 10.8 Å². The summed E-state index contributed by atoms with van der Waals surface area (Å²) < 4.78 is 1.25. The van der Waals surface area contributed by atoms with E-state index in [1.54, 1.807) is 12.1 Å². The zero-order valence-electron chi connectivity index (χ0n) is 17.7. The number of nitrogens with zero attached hydrogens (tertiary/aromatic N) is 3.